The van der Waals surface area contributed by atoms with E-state index >= 15 is 0 Å². The Hall–Kier alpha value is -3.50. The predicted octanol–water partition coefficient (Wildman–Crippen LogP) is 4.20. The molecule has 3 aromatic rings. The van der Waals surface area contributed by atoms with Gasteiger partial charge in [0.25, 0.3) is 5.91 Å². The Kier molecular flexibility index (Phi) is 5.29. The number of hydrogen-bond acceptors (Lipinski definition) is 5. The number of aryl methyl sites for hydroxylation is 1. The zero-order valence-electron chi connectivity index (χ0n) is 14.7. The normalized spacial score (nSPS) is 10.1. The Morgan fingerprint density at radius 2 is 1.78 bits per heavy atom. The van der Waals surface area contributed by atoms with Gasteiger partial charge in [-0.1, -0.05) is 18.2 Å². The van der Waals surface area contributed by atoms with Crippen LogP contribution in [0.25, 0.3) is 10.6 Å². The van der Waals surface area contributed by atoms with Crippen LogP contribution in [0.4, 0.5) is 11.4 Å². The Balaban J connectivity index is 1.85. The van der Waals surface area contributed by atoms with E-state index in [0.29, 0.717) is 27.6 Å². The van der Waals surface area contributed by atoms with E-state index in [1.54, 1.807) is 30.3 Å². The summed E-state index contributed by atoms with van der Waals surface area (Å²) in [5.41, 5.74) is 2.84. The average molecular weight is 376 g/mol. The lowest BCUT2D eigenvalue weighted by Crippen LogP contribution is -2.13. The quantitative estimate of drug-likeness (QED) is 0.713. The predicted molar refractivity (Wildman–Crippen MR) is 106 cm³/mol. The molecule has 0 fully saturated rings. The van der Waals surface area contributed by atoms with Crippen molar-refractivity contribution < 1.29 is 9.59 Å². The molecule has 0 atom stereocenters. The summed E-state index contributed by atoms with van der Waals surface area (Å²) in [5, 5.41) is 15.2. The highest BCUT2D eigenvalue weighted by Crippen LogP contribution is 2.29. The number of carbonyl (C=O) groups is 2. The average Bonchev–Trinajstić information content (AvgIpc) is 3.03. The van der Waals surface area contributed by atoms with Crippen molar-refractivity contribution in [3.63, 3.8) is 0 Å². The van der Waals surface area contributed by atoms with Crippen LogP contribution < -0.4 is 10.6 Å². The fourth-order valence-corrected chi connectivity index (χ4v) is 3.43. The number of hydrogen-bond donors (Lipinski definition) is 2. The fraction of sp³-hybridized carbons (Fsp3) is 0.100. The first-order valence-corrected chi connectivity index (χ1v) is 8.95. The van der Waals surface area contributed by atoms with Crippen LogP contribution >= 0.6 is 11.3 Å². The van der Waals surface area contributed by atoms with E-state index in [1.165, 1.54) is 18.3 Å². The Labute approximate surface area is 160 Å². The third kappa shape index (κ3) is 4.37. The number of benzene rings is 2. The van der Waals surface area contributed by atoms with Gasteiger partial charge in [-0.15, -0.1) is 11.3 Å². The second-order valence-electron chi connectivity index (χ2n) is 5.83. The topological polar surface area (TPSA) is 94.9 Å². The molecule has 0 aliphatic heterocycles. The van der Waals surface area contributed by atoms with E-state index in [0.717, 1.165) is 10.4 Å². The number of aromatic nitrogens is 1. The molecule has 3 rings (SSSR count). The summed E-state index contributed by atoms with van der Waals surface area (Å²) in [4.78, 5) is 29.1. The molecular formula is C20H16N4O2S. The van der Waals surface area contributed by atoms with E-state index in [-0.39, 0.29) is 11.8 Å². The lowest BCUT2D eigenvalue weighted by Gasteiger charge is -2.04. The monoisotopic (exact) mass is 376 g/mol. The summed E-state index contributed by atoms with van der Waals surface area (Å²) in [7, 11) is 0. The van der Waals surface area contributed by atoms with Crippen molar-refractivity contribution >= 4 is 34.5 Å². The number of rotatable bonds is 4. The van der Waals surface area contributed by atoms with Gasteiger partial charge in [0.05, 0.1) is 11.6 Å². The Bertz CT molecular complexity index is 1070. The lowest BCUT2D eigenvalue weighted by molar-refractivity contribution is -0.114. The molecule has 134 valence electrons. The van der Waals surface area contributed by atoms with E-state index in [4.69, 9.17) is 5.26 Å². The molecule has 1 heterocycles. The standard InChI is InChI=1S/C20H16N4O2S/c1-12-18(19(26)23-16-7-3-5-14(9-16)11-21)24-20(27-12)15-6-4-8-17(10-15)22-13(2)25/h3-10H,1-2H3,(H,22,25)(H,23,26). The molecule has 0 unspecified atom stereocenters. The second-order valence-corrected chi connectivity index (χ2v) is 7.04. The molecule has 0 spiro atoms. The molecule has 2 aromatic carbocycles. The van der Waals surface area contributed by atoms with Gasteiger partial charge in [-0.25, -0.2) is 4.98 Å². The second kappa shape index (κ2) is 7.81. The van der Waals surface area contributed by atoms with Crippen LogP contribution in [0.5, 0.6) is 0 Å². The summed E-state index contributed by atoms with van der Waals surface area (Å²) in [6, 6.07) is 16.1. The van der Waals surface area contributed by atoms with Gasteiger partial charge < -0.3 is 10.6 Å². The van der Waals surface area contributed by atoms with Crippen molar-refractivity contribution in [2.45, 2.75) is 13.8 Å². The van der Waals surface area contributed by atoms with Gasteiger partial charge in [-0.3, -0.25) is 9.59 Å². The van der Waals surface area contributed by atoms with Crippen molar-refractivity contribution in [3.8, 4) is 16.6 Å². The summed E-state index contributed by atoms with van der Waals surface area (Å²) >= 11 is 1.40. The van der Waals surface area contributed by atoms with Gasteiger partial charge in [-0.2, -0.15) is 5.26 Å². The highest BCUT2D eigenvalue weighted by Gasteiger charge is 2.17. The van der Waals surface area contributed by atoms with Crippen molar-refractivity contribution in [2.75, 3.05) is 10.6 Å². The molecule has 0 bridgehead atoms. The highest BCUT2D eigenvalue weighted by atomic mass is 32.1. The van der Waals surface area contributed by atoms with Crippen molar-refractivity contribution in [1.82, 2.24) is 4.98 Å². The number of nitrogens with one attached hydrogen (secondary N) is 2. The smallest absolute Gasteiger partial charge is 0.275 e. The molecule has 0 radical (unpaired) electrons. The summed E-state index contributed by atoms with van der Waals surface area (Å²) in [5.74, 6) is -0.481. The molecule has 0 aliphatic rings. The summed E-state index contributed by atoms with van der Waals surface area (Å²) < 4.78 is 0. The Morgan fingerprint density at radius 1 is 1.07 bits per heavy atom. The lowest BCUT2D eigenvalue weighted by atomic mass is 10.2. The van der Waals surface area contributed by atoms with Gasteiger partial charge in [0.15, 0.2) is 0 Å². The first-order chi connectivity index (χ1) is 13.0. The SMILES string of the molecule is CC(=O)Nc1cccc(-c2nc(C(=O)Nc3cccc(C#N)c3)c(C)s2)c1. The molecule has 0 aliphatic carbocycles. The van der Waals surface area contributed by atoms with Crippen molar-refractivity contribution in [1.29, 1.82) is 5.26 Å². The third-order valence-electron chi connectivity index (χ3n) is 3.69. The molecule has 7 heteroatoms. The molecule has 1 aromatic heterocycles. The van der Waals surface area contributed by atoms with Crippen LogP contribution in [0, 0.1) is 18.3 Å². The van der Waals surface area contributed by atoms with Crippen LogP contribution in [0.3, 0.4) is 0 Å². The van der Waals surface area contributed by atoms with Gasteiger partial charge >= 0.3 is 0 Å². The molecule has 2 N–H and O–H groups in total. The van der Waals surface area contributed by atoms with Crippen LogP contribution in [0.1, 0.15) is 27.9 Å². The number of thiazole rings is 1. The van der Waals surface area contributed by atoms with Gasteiger partial charge in [0.2, 0.25) is 5.91 Å². The molecular weight excluding hydrogens is 360 g/mol. The number of amides is 2. The van der Waals surface area contributed by atoms with Gasteiger partial charge in [0, 0.05) is 28.7 Å². The number of nitriles is 1. The van der Waals surface area contributed by atoms with E-state index in [2.05, 4.69) is 15.6 Å². The zero-order chi connectivity index (χ0) is 19.4. The third-order valence-corrected chi connectivity index (χ3v) is 4.71. The molecule has 2 amide bonds. The minimum atomic E-state index is -0.330. The van der Waals surface area contributed by atoms with Crippen LogP contribution in [-0.2, 0) is 4.79 Å². The zero-order valence-corrected chi connectivity index (χ0v) is 15.6. The van der Waals surface area contributed by atoms with E-state index in [1.807, 2.05) is 31.2 Å². The Morgan fingerprint density at radius 3 is 2.48 bits per heavy atom. The first kappa shape index (κ1) is 18.3. The molecule has 0 saturated heterocycles. The van der Waals surface area contributed by atoms with Crippen LogP contribution in [-0.4, -0.2) is 16.8 Å². The maximum absolute atomic E-state index is 12.6. The van der Waals surface area contributed by atoms with Crippen molar-refractivity contribution in [3.05, 3.63) is 64.7 Å². The van der Waals surface area contributed by atoms with E-state index < -0.39 is 0 Å². The number of anilines is 2. The molecule has 6 nitrogen and oxygen atoms in total. The highest BCUT2D eigenvalue weighted by molar-refractivity contribution is 7.15. The van der Waals surface area contributed by atoms with Gasteiger partial charge in [0.1, 0.15) is 10.7 Å². The number of nitrogens with zero attached hydrogens (tertiary/aromatic N) is 2. The first-order valence-electron chi connectivity index (χ1n) is 8.13. The minimum Gasteiger partial charge on any atom is -0.326 e. The number of carbonyl (C=O) groups excluding carboxylic acids is 2. The summed E-state index contributed by atoms with van der Waals surface area (Å²) in [6.45, 7) is 3.28. The maximum atomic E-state index is 12.6. The molecule has 0 saturated carbocycles. The van der Waals surface area contributed by atoms with Gasteiger partial charge in [-0.05, 0) is 37.3 Å². The van der Waals surface area contributed by atoms with Crippen LogP contribution in [0.2, 0.25) is 0 Å². The maximum Gasteiger partial charge on any atom is 0.275 e. The minimum absolute atomic E-state index is 0.151. The largest absolute Gasteiger partial charge is 0.326 e. The van der Waals surface area contributed by atoms with Crippen molar-refractivity contribution in [2.24, 2.45) is 0 Å². The van der Waals surface area contributed by atoms with Crippen LogP contribution in [0.15, 0.2) is 48.5 Å². The molecule has 27 heavy (non-hydrogen) atoms. The summed E-state index contributed by atoms with van der Waals surface area (Å²) in [6.07, 6.45) is 0. The fourth-order valence-electron chi connectivity index (χ4n) is 2.52. The van der Waals surface area contributed by atoms with E-state index in [9.17, 15) is 9.59 Å².